The average Bonchev–Trinajstić information content (AvgIpc) is 3.39. The van der Waals surface area contributed by atoms with Crippen molar-refractivity contribution in [2.75, 3.05) is 60.1 Å². The van der Waals surface area contributed by atoms with Gasteiger partial charge in [0.05, 0.1) is 20.3 Å². The predicted molar refractivity (Wildman–Crippen MR) is 125 cm³/mol. The highest BCUT2D eigenvalue weighted by Crippen LogP contribution is 2.31. The van der Waals surface area contributed by atoms with Crippen LogP contribution >= 0.6 is 0 Å². The number of nitrogens with one attached hydrogen (secondary N) is 1. The molecule has 1 aromatic carbocycles. The Morgan fingerprint density at radius 1 is 1.22 bits per heavy atom. The van der Waals surface area contributed by atoms with Gasteiger partial charge in [0.2, 0.25) is 15.9 Å². The van der Waals surface area contributed by atoms with Crippen LogP contribution < -0.4 is 14.8 Å². The highest BCUT2D eigenvalue weighted by atomic mass is 32.2. The van der Waals surface area contributed by atoms with Crippen LogP contribution in [0, 0.1) is 0 Å². The number of carboxylic acid groups (broad SMARTS) is 1. The second kappa shape index (κ2) is 13.8. The number of hydrogen-bond donors (Lipinski definition) is 2. The minimum Gasteiger partial charge on any atom is -0.497 e. The van der Waals surface area contributed by atoms with Gasteiger partial charge >= 0.3 is 12.1 Å². The largest absolute Gasteiger partial charge is 0.497 e. The standard InChI is InChI=1S/C20H31N3O6S.C2HF3O2/c1-27-16-5-6-18(28-2)19(14-16)30(25,26)23(15-17-4-3-13-29-17)10-7-20(24)22-11-8-21-9-12-22;3-2(4,5)1(6)7/h5-6,14,17,21H,3-4,7-13,15H2,1-2H3;(H,6,7). The van der Waals surface area contributed by atoms with Crippen LogP contribution in [0.3, 0.4) is 0 Å². The van der Waals surface area contributed by atoms with Gasteiger partial charge in [0.1, 0.15) is 16.4 Å². The molecule has 15 heteroatoms. The molecule has 2 aliphatic heterocycles. The van der Waals surface area contributed by atoms with Gasteiger partial charge in [0.15, 0.2) is 0 Å². The summed E-state index contributed by atoms with van der Waals surface area (Å²) < 4.78 is 76.4. The fourth-order valence-electron chi connectivity index (χ4n) is 3.74. The molecule has 0 saturated carbocycles. The molecular formula is C22H32F3N3O8S. The summed E-state index contributed by atoms with van der Waals surface area (Å²) in [5.41, 5.74) is 0. The van der Waals surface area contributed by atoms with Crippen molar-refractivity contribution in [2.24, 2.45) is 0 Å². The van der Waals surface area contributed by atoms with Crippen molar-refractivity contribution in [3.05, 3.63) is 18.2 Å². The van der Waals surface area contributed by atoms with E-state index in [2.05, 4.69) is 5.32 Å². The number of rotatable bonds is 9. The number of aliphatic carboxylic acids is 1. The summed E-state index contributed by atoms with van der Waals surface area (Å²) in [4.78, 5) is 23.3. The fraction of sp³-hybridized carbons (Fsp3) is 0.636. The first-order chi connectivity index (χ1) is 17.4. The van der Waals surface area contributed by atoms with Crippen LogP contribution in [0.1, 0.15) is 19.3 Å². The topological polar surface area (TPSA) is 135 Å². The van der Waals surface area contributed by atoms with E-state index in [0.29, 0.717) is 25.4 Å². The first-order valence-electron chi connectivity index (χ1n) is 11.5. The zero-order valence-electron chi connectivity index (χ0n) is 20.6. The van der Waals surface area contributed by atoms with E-state index in [1.165, 1.54) is 24.6 Å². The molecule has 0 bridgehead atoms. The van der Waals surface area contributed by atoms with E-state index in [-0.39, 0.29) is 42.2 Å². The van der Waals surface area contributed by atoms with E-state index in [0.717, 1.165) is 25.9 Å². The molecule has 37 heavy (non-hydrogen) atoms. The van der Waals surface area contributed by atoms with Gasteiger partial charge in [0.25, 0.3) is 0 Å². The van der Waals surface area contributed by atoms with E-state index in [4.69, 9.17) is 24.1 Å². The maximum Gasteiger partial charge on any atom is 0.490 e. The lowest BCUT2D eigenvalue weighted by Crippen LogP contribution is -2.47. The Balaban J connectivity index is 0.000000604. The number of methoxy groups -OCH3 is 2. The summed E-state index contributed by atoms with van der Waals surface area (Å²) in [6.07, 6.45) is -3.43. The lowest BCUT2D eigenvalue weighted by molar-refractivity contribution is -0.192. The maximum absolute atomic E-state index is 13.6. The highest BCUT2D eigenvalue weighted by molar-refractivity contribution is 7.89. The Bertz CT molecular complexity index is 1010. The number of sulfonamides is 1. The number of halogens is 3. The first-order valence-corrected chi connectivity index (χ1v) is 13.0. The molecule has 3 rings (SSSR count). The molecule has 0 aromatic heterocycles. The Morgan fingerprint density at radius 3 is 2.38 bits per heavy atom. The van der Waals surface area contributed by atoms with Crippen molar-refractivity contribution >= 4 is 21.9 Å². The summed E-state index contributed by atoms with van der Waals surface area (Å²) in [7, 11) is -1.01. The van der Waals surface area contributed by atoms with E-state index in [1.807, 2.05) is 0 Å². The first kappa shape index (κ1) is 30.6. The molecule has 2 N–H and O–H groups in total. The van der Waals surface area contributed by atoms with Gasteiger partial charge in [-0.25, -0.2) is 13.2 Å². The number of carbonyl (C=O) groups is 2. The number of amides is 1. The van der Waals surface area contributed by atoms with Crippen LogP contribution in [0.15, 0.2) is 23.1 Å². The second-order valence-electron chi connectivity index (χ2n) is 8.20. The van der Waals surface area contributed by atoms with Gasteiger partial charge in [0, 0.05) is 58.4 Å². The predicted octanol–water partition coefficient (Wildman–Crippen LogP) is 1.33. The maximum atomic E-state index is 13.6. The molecule has 1 atom stereocenters. The summed E-state index contributed by atoms with van der Waals surface area (Å²) in [6.45, 7) is 3.71. The Kier molecular flexibility index (Phi) is 11.4. The van der Waals surface area contributed by atoms with Crippen molar-refractivity contribution in [3.8, 4) is 11.5 Å². The third kappa shape index (κ3) is 9.02. The van der Waals surface area contributed by atoms with Gasteiger partial charge in [-0.15, -0.1) is 0 Å². The molecule has 11 nitrogen and oxygen atoms in total. The zero-order valence-corrected chi connectivity index (χ0v) is 21.4. The summed E-state index contributed by atoms with van der Waals surface area (Å²) in [5.74, 6) is -2.14. The molecule has 2 saturated heterocycles. The molecule has 2 heterocycles. The average molecular weight is 556 g/mol. The van der Waals surface area contributed by atoms with Gasteiger partial charge < -0.3 is 29.5 Å². The molecular weight excluding hydrogens is 523 g/mol. The molecule has 2 fully saturated rings. The summed E-state index contributed by atoms with van der Waals surface area (Å²) in [6, 6.07) is 4.67. The van der Waals surface area contributed by atoms with Crippen LogP contribution in [0.25, 0.3) is 0 Å². The third-order valence-electron chi connectivity index (χ3n) is 5.71. The van der Waals surface area contributed by atoms with Crippen LogP contribution in [0.4, 0.5) is 13.2 Å². The second-order valence-corrected chi connectivity index (χ2v) is 10.1. The van der Waals surface area contributed by atoms with Crippen molar-refractivity contribution in [1.29, 1.82) is 0 Å². The van der Waals surface area contributed by atoms with Crippen LogP contribution in [-0.4, -0.2) is 107 Å². The Labute approximate surface area is 213 Å². The number of piperazine rings is 1. The molecule has 1 unspecified atom stereocenters. The Morgan fingerprint density at radius 2 is 1.86 bits per heavy atom. The van der Waals surface area contributed by atoms with Gasteiger partial charge in [-0.05, 0) is 25.0 Å². The number of carbonyl (C=O) groups excluding carboxylic acids is 1. The zero-order chi connectivity index (χ0) is 27.6. The smallest absolute Gasteiger partial charge is 0.490 e. The van der Waals surface area contributed by atoms with Crippen molar-refractivity contribution in [1.82, 2.24) is 14.5 Å². The molecule has 1 amide bonds. The van der Waals surface area contributed by atoms with E-state index in [1.54, 1.807) is 17.0 Å². The number of alkyl halides is 3. The van der Waals surface area contributed by atoms with Gasteiger partial charge in [-0.3, -0.25) is 4.79 Å². The molecule has 0 radical (unpaired) electrons. The van der Waals surface area contributed by atoms with Crippen molar-refractivity contribution < 1.29 is 50.5 Å². The summed E-state index contributed by atoms with van der Waals surface area (Å²) >= 11 is 0. The van der Waals surface area contributed by atoms with Crippen LogP contribution in [-0.2, 0) is 24.3 Å². The minimum absolute atomic E-state index is 0.0250. The number of nitrogens with zero attached hydrogens (tertiary/aromatic N) is 2. The minimum atomic E-state index is -5.08. The van der Waals surface area contributed by atoms with Gasteiger partial charge in [-0.2, -0.15) is 17.5 Å². The molecule has 1 aromatic rings. The quantitative estimate of drug-likeness (QED) is 0.463. The molecule has 0 aliphatic carbocycles. The molecule has 2 aliphatic rings. The SMILES string of the molecule is COc1ccc(OC)c(S(=O)(=O)N(CCC(=O)N2CCNCC2)CC2CCCO2)c1.O=C(O)C(F)(F)F. The monoisotopic (exact) mass is 555 g/mol. The van der Waals surface area contributed by atoms with Crippen LogP contribution in [0.5, 0.6) is 11.5 Å². The third-order valence-corrected chi connectivity index (χ3v) is 7.59. The lowest BCUT2D eigenvalue weighted by Gasteiger charge is -2.29. The van der Waals surface area contributed by atoms with E-state index >= 15 is 0 Å². The lowest BCUT2D eigenvalue weighted by atomic mass is 10.2. The number of ether oxygens (including phenoxy) is 3. The molecule has 210 valence electrons. The van der Waals surface area contributed by atoms with Crippen molar-refractivity contribution in [2.45, 2.75) is 36.4 Å². The number of benzene rings is 1. The van der Waals surface area contributed by atoms with Crippen molar-refractivity contribution in [3.63, 3.8) is 0 Å². The fourth-order valence-corrected chi connectivity index (χ4v) is 5.39. The van der Waals surface area contributed by atoms with E-state index in [9.17, 15) is 26.4 Å². The Hall–Kier alpha value is -2.62. The number of carboxylic acids is 1. The normalized spacial score (nSPS) is 18.2. The summed E-state index contributed by atoms with van der Waals surface area (Å²) in [5, 5.41) is 10.3. The van der Waals surface area contributed by atoms with Gasteiger partial charge in [-0.1, -0.05) is 0 Å². The van der Waals surface area contributed by atoms with E-state index < -0.39 is 22.2 Å². The molecule has 0 spiro atoms. The number of hydrogen-bond acceptors (Lipinski definition) is 8. The van der Waals surface area contributed by atoms with Crippen LogP contribution in [0.2, 0.25) is 0 Å². The highest BCUT2D eigenvalue weighted by Gasteiger charge is 2.38.